The van der Waals surface area contributed by atoms with Crippen molar-refractivity contribution in [3.63, 3.8) is 0 Å². The summed E-state index contributed by atoms with van der Waals surface area (Å²) in [5.74, 6) is 1.22. The van der Waals surface area contributed by atoms with Gasteiger partial charge < -0.3 is 14.7 Å². The molecule has 1 unspecified atom stereocenters. The molecule has 228 valence electrons. The fourth-order valence-corrected chi connectivity index (χ4v) is 6.83. The first-order valence-electron chi connectivity index (χ1n) is 15.0. The zero-order valence-electron chi connectivity index (χ0n) is 25.4. The van der Waals surface area contributed by atoms with E-state index >= 15 is 0 Å². The topological polar surface area (TPSA) is 72.9 Å². The van der Waals surface area contributed by atoms with Crippen LogP contribution in [0.4, 0.5) is 5.82 Å². The average Bonchev–Trinajstić information content (AvgIpc) is 3.00. The maximum Gasteiger partial charge on any atom is 0.233 e. The molecule has 1 aromatic heterocycles. The Morgan fingerprint density at radius 2 is 1.51 bits per heavy atom. The summed E-state index contributed by atoms with van der Waals surface area (Å²) in [6, 6.07) is 23.1. The fraction of sp³-hybridized carbons (Fsp3) is 0.455. The van der Waals surface area contributed by atoms with Crippen LogP contribution in [0.1, 0.15) is 44.9 Å². The van der Waals surface area contributed by atoms with Crippen molar-refractivity contribution in [2.24, 2.45) is 5.41 Å². The van der Waals surface area contributed by atoms with Crippen LogP contribution in [-0.4, -0.2) is 94.1 Å². The van der Waals surface area contributed by atoms with Crippen LogP contribution in [0, 0.1) is 5.41 Å². The number of piperazine rings is 2. The summed E-state index contributed by atoms with van der Waals surface area (Å²) in [6.07, 6.45) is 0. The largest absolute Gasteiger partial charge is 0.353 e. The van der Waals surface area contributed by atoms with Gasteiger partial charge in [0.25, 0.3) is 0 Å². The number of carbonyl (C=O) groups excluding carboxylic acids is 2. The van der Waals surface area contributed by atoms with E-state index in [2.05, 4.69) is 70.2 Å². The van der Waals surface area contributed by atoms with Crippen LogP contribution < -0.4 is 4.90 Å². The van der Waals surface area contributed by atoms with E-state index in [0.29, 0.717) is 43.0 Å². The number of rotatable bonds is 7. The van der Waals surface area contributed by atoms with Crippen molar-refractivity contribution >= 4 is 41.0 Å². The van der Waals surface area contributed by atoms with Crippen LogP contribution in [0.25, 0.3) is 0 Å². The fourth-order valence-electron chi connectivity index (χ4n) is 5.84. The Morgan fingerprint density at radius 3 is 2.07 bits per heavy atom. The van der Waals surface area contributed by atoms with Crippen molar-refractivity contribution < 1.29 is 9.59 Å². The molecule has 3 heterocycles. The van der Waals surface area contributed by atoms with Gasteiger partial charge in [-0.2, -0.15) is 0 Å². The van der Waals surface area contributed by atoms with Gasteiger partial charge in [-0.1, -0.05) is 105 Å². The molecule has 3 aromatic rings. The Bertz CT molecular complexity index is 1360. The van der Waals surface area contributed by atoms with Crippen LogP contribution >= 0.6 is 23.4 Å². The maximum atomic E-state index is 13.2. The van der Waals surface area contributed by atoms with E-state index in [1.807, 2.05) is 42.7 Å². The molecule has 0 aliphatic carbocycles. The third-order valence-electron chi connectivity index (χ3n) is 8.10. The first-order valence-corrected chi connectivity index (χ1v) is 16.3. The lowest BCUT2D eigenvalue weighted by molar-refractivity contribution is -0.142. The summed E-state index contributed by atoms with van der Waals surface area (Å²) in [6.45, 7) is 12.8. The van der Waals surface area contributed by atoms with E-state index in [4.69, 9.17) is 16.6 Å². The Labute approximate surface area is 264 Å². The zero-order valence-corrected chi connectivity index (χ0v) is 27.0. The normalized spacial score (nSPS) is 18.3. The van der Waals surface area contributed by atoms with E-state index in [1.54, 1.807) is 6.07 Å². The molecule has 0 N–H and O–H groups in total. The van der Waals surface area contributed by atoms with Gasteiger partial charge in [0.1, 0.15) is 11.0 Å². The minimum atomic E-state index is -0.414. The van der Waals surface area contributed by atoms with Gasteiger partial charge in [0, 0.05) is 63.3 Å². The summed E-state index contributed by atoms with van der Waals surface area (Å²) < 4.78 is 0. The Morgan fingerprint density at radius 1 is 0.907 bits per heavy atom. The van der Waals surface area contributed by atoms with E-state index in [-0.39, 0.29) is 29.7 Å². The lowest BCUT2D eigenvalue weighted by atomic mass is 9.93. The molecule has 5 rings (SSSR count). The van der Waals surface area contributed by atoms with Gasteiger partial charge in [-0.3, -0.25) is 14.5 Å². The number of nitrogens with zero attached hydrogens (tertiary/aromatic N) is 6. The van der Waals surface area contributed by atoms with Gasteiger partial charge in [-0.25, -0.2) is 9.97 Å². The van der Waals surface area contributed by atoms with Crippen molar-refractivity contribution in [1.82, 2.24) is 24.7 Å². The predicted octanol–water partition coefficient (Wildman–Crippen LogP) is 5.24. The number of halogens is 1. The molecule has 8 nitrogen and oxygen atoms in total. The third-order valence-corrected chi connectivity index (χ3v) is 9.13. The highest BCUT2D eigenvalue weighted by Crippen LogP contribution is 2.30. The minimum absolute atomic E-state index is 0.0499. The summed E-state index contributed by atoms with van der Waals surface area (Å²) in [5, 5.41) is 0.839. The molecule has 0 bridgehead atoms. The van der Waals surface area contributed by atoms with Crippen molar-refractivity contribution in [2.45, 2.75) is 44.9 Å². The lowest BCUT2D eigenvalue weighted by Crippen LogP contribution is -2.56. The molecule has 43 heavy (non-hydrogen) atoms. The lowest BCUT2D eigenvalue weighted by Gasteiger charge is -2.42. The minimum Gasteiger partial charge on any atom is -0.353 e. The summed E-state index contributed by atoms with van der Waals surface area (Å²) in [7, 11) is 0. The molecular weight excluding hydrogens is 580 g/mol. The van der Waals surface area contributed by atoms with Crippen molar-refractivity contribution in [3.8, 4) is 0 Å². The standard InChI is InChI=1S/C33H41ClN6O2S/c1-24-22-39(19-20-40(24)31(42)33(2,3)4)28-21-27(34)35-32(36-28)43-23-29(41)37-15-17-38(18-16-37)30(25-11-7-5-8-12-25)26-13-9-6-10-14-26/h5-14,21,24,30H,15-20,22-23H2,1-4H3. The van der Waals surface area contributed by atoms with E-state index in [1.165, 1.54) is 22.9 Å². The molecule has 1 atom stereocenters. The maximum absolute atomic E-state index is 13.2. The van der Waals surface area contributed by atoms with E-state index in [0.717, 1.165) is 18.9 Å². The highest BCUT2D eigenvalue weighted by molar-refractivity contribution is 7.99. The first-order chi connectivity index (χ1) is 20.6. The zero-order chi connectivity index (χ0) is 30.6. The number of benzene rings is 2. The summed E-state index contributed by atoms with van der Waals surface area (Å²) in [5.41, 5.74) is 2.10. The second-order valence-electron chi connectivity index (χ2n) is 12.3. The Kier molecular flexibility index (Phi) is 9.94. The van der Waals surface area contributed by atoms with Crippen LogP contribution in [0.2, 0.25) is 5.15 Å². The molecule has 2 saturated heterocycles. The molecule has 10 heteroatoms. The summed E-state index contributed by atoms with van der Waals surface area (Å²) >= 11 is 7.72. The Hall–Kier alpha value is -3.14. The van der Waals surface area contributed by atoms with Gasteiger partial charge in [0.15, 0.2) is 5.16 Å². The number of hydrogen-bond acceptors (Lipinski definition) is 7. The number of amides is 2. The van der Waals surface area contributed by atoms with Crippen LogP contribution in [0.15, 0.2) is 71.9 Å². The summed E-state index contributed by atoms with van der Waals surface area (Å²) in [4.78, 5) is 43.7. The number of thioether (sulfide) groups is 1. The molecule has 0 spiro atoms. The first kappa shape index (κ1) is 31.3. The van der Waals surface area contributed by atoms with Crippen LogP contribution in [-0.2, 0) is 9.59 Å². The number of carbonyl (C=O) groups is 2. The number of aromatic nitrogens is 2. The third kappa shape index (κ3) is 7.69. The van der Waals surface area contributed by atoms with Gasteiger partial charge in [0.2, 0.25) is 11.8 Å². The predicted molar refractivity (Wildman–Crippen MR) is 173 cm³/mol. The highest BCUT2D eigenvalue weighted by atomic mass is 35.5. The van der Waals surface area contributed by atoms with Crippen LogP contribution in [0.5, 0.6) is 0 Å². The molecule has 2 aliphatic heterocycles. The van der Waals surface area contributed by atoms with Gasteiger partial charge >= 0.3 is 0 Å². The molecule has 2 fully saturated rings. The Balaban J connectivity index is 1.17. The van der Waals surface area contributed by atoms with Gasteiger partial charge in [-0.15, -0.1) is 0 Å². The molecular formula is C33H41ClN6O2S. The molecule has 2 amide bonds. The second-order valence-corrected chi connectivity index (χ2v) is 13.6. The van der Waals surface area contributed by atoms with E-state index < -0.39 is 5.41 Å². The van der Waals surface area contributed by atoms with Gasteiger partial charge in [-0.05, 0) is 18.1 Å². The quantitative estimate of drug-likeness (QED) is 0.203. The van der Waals surface area contributed by atoms with Crippen molar-refractivity contribution in [3.05, 3.63) is 83.0 Å². The monoisotopic (exact) mass is 620 g/mol. The molecule has 2 aliphatic rings. The van der Waals surface area contributed by atoms with E-state index in [9.17, 15) is 9.59 Å². The smallest absolute Gasteiger partial charge is 0.233 e. The molecule has 0 radical (unpaired) electrons. The highest BCUT2D eigenvalue weighted by Gasteiger charge is 2.34. The SMILES string of the molecule is CC1CN(c2cc(Cl)nc(SCC(=O)N3CCN(C(c4ccccc4)c4ccccc4)CC3)n2)CCN1C(=O)C(C)(C)C. The number of anilines is 1. The van der Waals surface area contributed by atoms with Gasteiger partial charge in [0.05, 0.1) is 11.8 Å². The van der Waals surface area contributed by atoms with Crippen molar-refractivity contribution in [2.75, 3.05) is 56.5 Å². The van der Waals surface area contributed by atoms with Crippen LogP contribution in [0.3, 0.4) is 0 Å². The average molecular weight is 621 g/mol. The van der Waals surface area contributed by atoms with Crippen molar-refractivity contribution in [1.29, 1.82) is 0 Å². The molecule has 0 saturated carbocycles. The second kappa shape index (κ2) is 13.7. The number of hydrogen-bond donors (Lipinski definition) is 0. The molecule has 2 aromatic carbocycles.